The Kier molecular flexibility index (Phi) is 4.06. The molecule has 1 aromatic carbocycles. The van der Waals surface area contributed by atoms with Gasteiger partial charge in [-0.3, -0.25) is 4.68 Å². The highest BCUT2D eigenvalue weighted by Crippen LogP contribution is 2.29. The molecule has 112 valence electrons. The highest BCUT2D eigenvalue weighted by molar-refractivity contribution is 5.27. The van der Waals surface area contributed by atoms with E-state index in [9.17, 15) is 4.39 Å². The molecule has 1 aliphatic rings. The van der Waals surface area contributed by atoms with Crippen molar-refractivity contribution in [1.82, 2.24) is 9.78 Å². The molecule has 1 saturated carbocycles. The van der Waals surface area contributed by atoms with Gasteiger partial charge in [-0.05, 0) is 49.1 Å². The summed E-state index contributed by atoms with van der Waals surface area (Å²) in [5.74, 6) is -0.225. The Morgan fingerprint density at radius 3 is 2.81 bits per heavy atom. The Labute approximate surface area is 125 Å². The summed E-state index contributed by atoms with van der Waals surface area (Å²) in [7, 11) is 0. The first-order valence-corrected chi connectivity index (χ1v) is 7.68. The summed E-state index contributed by atoms with van der Waals surface area (Å²) in [5.41, 5.74) is 8.93. The van der Waals surface area contributed by atoms with E-state index < -0.39 is 0 Å². The van der Waals surface area contributed by atoms with E-state index in [1.54, 1.807) is 0 Å². The van der Waals surface area contributed by atoms with Gasteiger partial charge < -0.3 is 5.73 Å². The van der Waals surface area contributed by atoms with Crippen LogP contribution in [0.5, 0.6) is 0 Å². The first-order chi connectivity index (χ1) is 10.1. The molecule has 4 heteroatoms. The Morgan fingerprint density at radius 2 is 2.10 bits per heavy atom. The molecule has 1 heterocycles. The van der Waals surface area contributed by atoms with Gasteiger partial charge >= 0.3 is 0 Å². The summed E-state index contributed by atoms with van der Waals surface area (Å²) >= 11 is 0. The third-order valence-electron chi connectivity index (χ3n) is 4.28. The zero-order valence-corrected chi connectivity index (χ0v) is 12.4. The van der Waals surface area contributed by atoms with Gasteiger partial charge in [0, 0.05) is 18.7 Å². The first-order valence-electron chi connectivity index (χ1n) is 7.68. The van der Waals surface area contributed by atoms with Crippen LogP contribution >= 0.6 is 0 Å². The number of aromatic nitrogens is 2. The van der Waals surface area contributed by atoms with Crippen molar-refractivity contribution in [3.05, 3.63) is 53.1 Å². The van der Waals surface area contributed by atoms with Crippen molar-refractivity contribution in [3.8, 4) is 0 Å². The summed E-state index contributed by atoms with van der Waals surface area (Å²) in [4.78, 5) is 0. The van der Waals surface area contributed by atoms with E-state index in [4.69, 9.17) is 5.73 Å². The lowest BCUT2D eigenvalue weighted by molar-refractivity contribution is 0.461. The van der Waals surface area contributed by atoms with E-state index in [2.05, 4.69) is 16.0 Å². The van der Waals surface area contributed by atoms with Crippen LogP contribution in [0.4, 0.5) is 4.39 Å². The normalized spacial score (nSPS) is 17.3. The molecular weight excluding hydrogens is 265 g/mol. The van der Waals surface area contributed by atoms with E-state index in [1.807, 2.05) is 19.1 Å². The number of rotatable bonds is 4. The molecule has 1 unspecified atom stereocenters. The highest BCUT2D eigenvalue weighted by Gasteiger charge is 2.18. The second-order valence-electron chi connectivity index (χ2n) is 6.10. The Bertz CT molecular complexity index is 594. The fourth-order valence-corrected chi connectivity index (χ4v) is 3.18. The minimum absolute atomic E-state index is 0.216. The number of nitrogens with two attached hydrogens (primary N) is 1. The van der Waals surface area contributed by atoms with Gasteiger partial charge in [-0.15, -0.1) is 0 Å². The van der Waals surface area contributed by atoms with Crippen molar-refractivity contribution in [3.63, 3.8) is 0 Å². The summed E-state index contributed by atoms with van der Waals surface area (Å²) in [6.45, 7) is 1.88. The zero-order chi connectivity index (χ0) is 14.8. The molecule has 1 aliphatic carbocycles. The maximum Gasteiger partial charge on any atom is 0.123 e. The van der Waals surface area contributed by atoms with E-state index >= 15 is 0 Å². The van der Waals surface area contributed by atoms with E-state index in [0.717, 1.165) is 16.8 Å². The van der Waals surface area contributed by atoms with E-state index in [-0.39, 0.29) is 11.9 Å². The Balaban J connectivity index is 1.70. The lowest BCUT2D eigenvalue weighted by Gasteiger charge is -2.12. The Hall–Kier alpha value is -1.68. The molecule has 1 atom stereocenters. The number of hydrogen-bond donors (Lipinski definition) is 1. The highest BCUT2D eigenvalue weighted by atomic mass is 19.1. The van der Waals surface area contributed by atoms with Gasteiger partial charge in [0.2, 0.25) is 0 Å². The van der Waals surface area contributed by atoms with Crippen LogP contribution in [0.25, 0.3) is 0 Å². The van der Waals surface area contributed by atoms with E-state index in [0.29, 0.717) is 12.5 Å². The fourth-order valence-electron chi connectivity index (χ4n) is 3.18. The van der Waals surface area contributed by atoms with Gasteiger partial charge in [0.25, 0.3) is 0 Å². The van der Waals surface area contributed by atoms with Crippen LogP contribution in [-0.4, -0.2) is 9.78 Å². The number of halogens is 1. The minimum atomic E-state index is -0.225. The average molecular weight is 287 g/mol. The maximum absolute atomic E-state index is 13.5. The fraction of sp³-hybridized carbons (Fsp3) is 0.471. The Morgan fingerprint density at radius 1 is 1.33 bits per heavy atom. The van der Waals surface area contributed by atoms with Crippen molar-refractivity contribution in [1.29, 1.82) is 0 Å². The van der Waals surface area contributed by atoms with Gasteiger partial charge in [-0.1, -0.05) is 18.9 Å². The summed E-state index contributed by atoms with van der Waals surface area (Å²) < 4.78 is 15.5. The molecule has 0 amide bonds. The van der Waals surface area contributed by atoms with Gasteiger partial charge in [0.05, 0.1) is 11.7 Å². The van der Waals surface area contributed by atoms with Crippen LogP contribution in [0.2, 0.25) is 0 Å². The van der Waals surface area contributed by atoms with Gasteiger partial charge in [-0.25, -0.2) is 4.39 Å². The number of benzene rings is 1. The molecule has 3 nitrogen and oxygen atoms in total. The largest absolute Gasteiger partial charge is 0.324 e. The lowest BCUT2D eigenvalue weighted by Crippen LogP contribution is -2.15. The predicted octanol–water partition coefficient (Wildman–Crippen LogP) is 3.69. The van der Waals surface area contributed by atoms with Gasteiger partial charge in [0.15, 0.2) is 0 Å². The summed E-state index contributed by atoms with van der Waals surface area (Å²) in [5, 5.41) is 4.65. The van der Waals surface area contributed by atoms with Gasteiger partial charge in [0.1, 0.15) is 5.82 Å². The molecular formula is C17H22FN3. The predicted molar refractivity (Wildman–Crippen MR) is 81.5 cm³/mol. The molecule has 2 N–H and O–H groups in total. The second kappa shape index (κ2) is 5.98. The van der Waals surface area contributed by atoms with Gasteiger partial charge in [-0.2, -0.15) is 5.10 Å². The molecule has 2 aromatic rings. The quantitative estimate of drug-likeness (QED) is 0.932. The number of aryl methyl sites for hydroxylation is 1. The maximum atomic E-state index is 13.5. The lowest BCUT2D eigenvalue weighted by atomic mass is 10.0. The van der Waals surface area contributed by atoms with Crippen LogP contribution in [0.1, 0.15) is 54.6 Å². The van der Waals surface area contributed by atoms with Crippen LogP contribution in [0.15, 0.2) is 30.5 Å². The monoisotopic (exact) mass is 287 g/mol. The van der Waals surface area contributed by atoms with Crippen molar-refractivity contribution in [2.24, 2.45) is 5.73 Å². The van der Waals surface area contributed by atoms with Crippen molar-refractivity contribution >= 4 is 0 Å². The SMILES string of the molecule is Cc1cc(F)cc(C(N)Cc2ccn(C3CCCC3)n2)c1. The third kappa shape index (κ3) is 3.32. The zero-order valence-electron chi connectivity index (χ0n) is 12.4. The smallest absolute Gasteiger partial charge is 0.123 e. The molecule has 0 saturated heterocycles. The molecule has 0 aliphatic heterocycles. The third-order valence-corrected chi connectivity index (χ3v) is 4.28. The van der Waals surface area contributed by atoms with Crippen molar-refractivity contribution in [2.75, 3.05) is 0 Å². The standard InChI is InChI=1S/C17H22FN3/c1-12-8-13(10-14(18)9-12)17(19)11-15-6-7-21(20-15)16-4-2-3-5-16/h6-10,16-17H,2-5,11,19H2,1H3. The van der Waals surface area contributed by atoms with Crippen molar-refractivity contribution in [2.45, 2.75) is 51.1 Å². The summed E-state index contributed by atoms with van der Waals surface area (Å²) in [6, 6.07) is 7.35. The number of nitrogens with zero attached hydrogens (tertiary/aromatic N) is 2. The molecule has 21 heavy (non-hydrogen) atoms. The number of hydrogen-bond acceptors (Lipinski definition) is 2. The molecule has 1 fully saturated rings. The van der Waals surface area contributed by atoms with Crippen LogP contribution in [0.3, 0.4) is 0 Å². The molecule has 3 rings (SSSR count). The minimum Gasteiger partial charge on any atom is -0.324 e. The van der Waals surface area contributed by atoms with Crippen molar-refractivity contribution < 1.29 is 4.39 Å². The van der Waals surface area contributed by atoms with E-state index in [1.165, 1.54) is 37.8 Å². The average Bonchev–Trinajstić information content (AvgIpc) is 3.07. The molecule has 0 radical (unpaired) electrons. The molecule has 1 aromatic heterocycles. The second-order valence-corrected chi connectivity index (χ2v) is 6.10. The first kappa shape index (κ1) is 14.3. The topological polar surface area (TPSA) is 43.8 Å². The summed E-state index contributed by atoms with van der Waals surface area (Å²) in [6.07, 6.45) is 7.72. The molecule has 0 spiro atoms. The van der Waals surface area contributed by atoms with Crippen LogP contribution in [0, 0.1) is 12.7 Å². The van der Waals surface area contributed by atoms with Crippen LogP contribution < -0.4 is 5.73 Å². The molecule has 0 bridgehead atoms. The van der Waals surface area contributed by atoms with Crippen LogP contribution in [-0.2, 0) is 6.42 Å².